The molecule has 1 heterocycles. The maximum Gasteiger partial charge on any atom is 0.251 e. The van der Waals surface area contributed by atoms with Crippen molar-refractivity contribution in [1.29, 1.82) is 0 Å². The lowest BCUT2D eigenvalue weighted by molar-refractivity contribution is -0.0503. The number of ether oxygens (including phenoxy) is 2. The number of carbonyl (C=O) groups is 1. The van der Waals surface area contributed by atoms with Crippen LogP contribution in [0.4, 0.5) is 0 Å². The zero-order valence-corrected chi connectivity index (χ0v) is 16.1. The van der Waals surface area contributed by atoms with Gasteiger partial charge in [0.25, 0.3) is 5.91 Å². The van der Waals surface area contributed by atoms with Gasteiger partial charge in [0, 0.05) is 18.7 Å². The van der Waals surface area contributed by atoms with Crippen LogP contribution < -0.4 is 10.1 Å². The highest BCUT2D eigenvalue weighted by molar-refractivity contribution is 5.94. The number of benzene rings is 1. The third-order valence-corrected chi connectivity index (χ3v) is 7.35. The summed E-state index contributed by atoms with van der Waals surface area (Å²) in [6.07, 6.45) is 10.7. The van der Waals surface area contributed by atoms with Gasteiger partial charge in [-0.05, 0) is 92.7 Å². The van der Waals surface area contributed by atoms with Gasteiger partial charge in [-0.1, -0.05) is 6.07 Å². The lowest BCUT2D eigenvalue weighted by atomic mass is 9.49. The molecule has 1 aliphatic heterocycles. The lowest BCUT2D eigenvalue weighted by Gasteiger charge is -2.56. The van der Waals surface area contributed by atoms with E-state index in [0.29, 0.717) is 17.6 Å². The molecule has 1 aromatic carbocycles. The van der Waals surface area contributed by atoms with Crippen molar-refractivity contribution in [3.8, 4) is 5.75 Å². The smallest absolute Gasteiger partial charge is 0.251 e. The molecule has 27 heavy (non-hydrogen) atoms. The largest absolute Gasteiger partial charge is 0.491 e. The van der Waals surface area contributed by atoms with Gasteiger partial charge in [-0.25, -0.2) is 0 Å². The highest BCUT2D eigenvalue weighted by atomic mass is 16.5. The quantitative estimate of drug-likeness (QED) is 0.818. The fourth-order valence-electron chi connectivity index (χ4n) is 6.57. The van der Waals surface area contributed by atoms with E-state index in [-0.39, 0.29) is 12.0 Å². The van der Waals surface area contributed by atoms with E-state index < -0.39 is 0 Å². The van der Waals surface area contributed by atoms with Crippen LogP contribution in [0, 0.1) is 23.2 Å². The standard InChI is InChI=1S/C23H31NO3/c25-22(19-3-1-4-20(10-19)27-14-21-5-2-6-26-21)24-15-23-11-16-7-17(12-23)9-18(8-16)13-23/h1,3-4,10,16-18,21H,2,5-9,11-15H2,(H,24,25). The molecule has 1 unspecified atom stereocenters. The first-order valence-electron chi connectivity index (χ1n) is 10.8. The molecule has 5 fully saturated rings. The van der Waals surface area contributed by atoms with Crippen LogP contribution in [0.25, 0.3) is 0 Å². The van der Waals surface area contributed by atoms with Crippen LogP contribution >= 0.6 is 0 Å². The Balaban J connectivity index is 1.18. The van der Waals surface area contributed by atoms with Gasteiger partial charge in [0.15, 0.2) is 0 Å². The van der Waals surface area contributed by atoms with Crippen molar-refractivity contribution in [3.63, 3.8) is 0 Å². The van der Waals surface area contributed by atoms with E-state index >= 15 is 0 Å². The van der Waals surface area contributed by atoms with E-state index in [1.165, 1.54) is 38.5 Å². The molecule has 5 aliphatic rings. The minimum absolute atomic E-state index is 0.0355. The number of hydrogen-bond donors (Lipinski definition) is 1. The van der Waals surface area contributed by atoms with Crippen LogP contribution in [0.1, 0.15) is 61.7 Å². The van der Waals surface area contributed by atoms with E-state index in [1.807, 2.05) is 24.3 Å². The molecule has 1 saturated heterocycles. The molecule has 0 radical (unpaired) electrons. The van der Waals surface area contributed by atoms with Gasteiger partial charge < -0.3 is 14.8 Å². The summed E-state index contributed by atoms with van der Waals surface area (Å²) in [7, 11) is 0. The second-order valence-corrected chi connectivity index (χ2v) is 9.57. The van der Waals surface area contributed by atoms with E-state index in [2.05, 4.69) is 5.32 Å². The molecule has 4 aliphatic carbocycles. The molecular formula is C23H31NO3. The molecule has 4 saturated carbocycles. The number of hydrogen-bond acceptors (Lipinski definition) is 3. The van der Waals surface area contributed by atoms with Crippen molar-refractivity contribution in [2.24, 2.45) is 23.2 Å². The molecule has 1 aromatic rings. The Morgan fingerprint density at radius 3 is 2.56 bits per heavy atom. The Morgan fingerprint density at radius 1 is 1.15 bits per heavy atom. The Hall–Kier alpha value is -1.55. The van der Waals surface area contributed by atoms with Crippen molar-refractivity contribution < 1.29 is 14.3 Å². The topological polar surface area (TPSA) is 47.6 Å². The van der Waals surface area contributed by atoms with Gasteiger partial charge in [0.1, 0.15) is 12.4 Å². The third kappa shape index (κ3) is 3.73. The number of amides is 1. The summed E-state index contributed by atoms with van der Waals surface area (Å²) in [6.45, 7) is 2.25. The Bertz CT molecular complexity index is 659. The van der Waals surface area contributed by atoms with Crippen molar-refractivity contribution in [1.82, 2.24) is 5.32 Å². The summed E-state index contributed by atoms with van der Waals surface area (Å²) in [6, 6.07) is 7.58. The van der Waals surface area contributed by atoms with Gasteiger partial charge in [0.2, 0.25) is 0 Å². The van der Waals surface area contributed by atoms with Crippen LogP contribution in [-0.4, -0.2) is 31.8 Å². The molecular weight excluding hydrogens is 338 g/mol. The van der Waals surface area contributed by atoms with Gasteiger partial charge in [-0.2, -0.15) is 0 Å². The number of carbonyl (C=O) groups excluding carboxylic acids is 1. The van der Waals surface area contributed by atoms with E-state index in [0.717, 1.165) is 49.5 Å². The second kappa shape index (κ2) is 7.12. The van der Waals surface area contributed by atoms with Crippen molar-refractivity contribution in [2.75, 3.05) is 19.8 Å². The third-order valence-electron chi connectivity index (χ3n) is 7.35. The molecule has 1 atom stereocenters. The minimum atomic E-state index is 0.0355. The summed E-state index contributed by atoms with van der Waals surface area (Å²) in [5.74, 6) is 3.55. The molecule has 146 valence electrons. The monoisotopic (exact) mass is 369 g/mol. The maximum absolute atomic E-state index is 12.8. The fraction of sp³-hybridized carbons (Fsp3) is 0.696. The predicted molar refractivity (Wildman–Crippen MR) is 104 cm³/mol. The molecule has 6 rings (SSSR count). The fourth-order valence-corrected chi connectivity index (χ4v) is 6.57. The summed E-state index contributed by atoms with van der Waals surface area (Å²) < 4.78 is 11.5. The average molecular weight is 370 g/mol. The first-order valence-corrected chi connectivity index (χ1v) is 10.8. The van der Waals surface area contributed by atoms with E-state index in [4.69, 9.17) is 9.47 Å². The van der Waals surface area contributed by atoms with Crippen molar-refractivity contribution in [2.45, 2.75) is 57.5 Å². The molecule has 1 amide bonds. The van der Waals surface area contributed by atoms with Crippen LogP contribution in [-0.2, 0) is 4.74 Å². The molecule has 0 spiro atoms. The summed E-state index contributed by atoms with van der Waals surface area (Å²) in [5.41, 5.74) is 1.07. The summed E-state index contributed by atoms with van der Waals surface area (Å²) >= 11 is 0. The summed E-state index contributed by atoms with van der Waals surface area (Å²) in [5, 5.41) is 3.26. The molecule has 4 heteroatoms. The van der Waals surface area contributed by atoms with Crippen LogP contribution in [0.15, 0.2) is 24.3 Å². The zero-order chi connectivity index (χ0) is 18.3. The zero-order valence-electron chi connectivity index (χ0n) is 16.1. The Morgan fingerprint density at radius 2 is 1.89 bits per heavy atom. The number of rotatable bonds is 6. The SMILES string of the molecule is O=C(NCC12CC3CC(CC(C3)C1)C2)c1cccc(OCC2CCCO2)c1. The van der Waals surface area contributed by atoms with Gasteiger partial charge in [0.05, 0.1) is 6.10 Å². The van der Waals surface area contributed by atoms with Crippen molar-refractivity contribution in [3.05, 3.63) is 29.8 Å². The van der Waals surface area contributed by atoms with Crippen LogP contribution in [0.2, 0.25) is 0 Å². The minimum Gasteiger partial charge on any atom is -0.491 e. The van der Waals surface area contributed by atoms with Gasteiger partial charge >= 0.3 is 0 Å². The Labute approximate surface area is 162 Å². The van der Waals surface area contributed by atoms with E-state index in [1.54, 1.807) is 0 Å². The highest BCUT2D eigenvalue weighted by Crippen LogP contribution is 2.59. The average Bonchev–Trinajstić information content (AvgIpc) is 3.17. The van der Waals surface area contributed by atoms with Crippen molar-refractivity contribution >= 4 is 5.91 Å². The van der Waals surface area contributed by atoms with Crippen LogP contribution in [0.3, 0.4) is 0 Å². The molecule has 4 nitrogen and oxygen atoms in total. The number of nitrogens with one attached hydrogen (secondary N) is 1. The summed E-state index contributed by atoms with van der Waals surface area (Å²) in [4.78, 5) is 12.8. The molecule has 0 aromatic heterocycles. The maximum atomic E-state index is 12.8. The highest BCUT2D eigenvalue weighted by Gasteiger charge is 2.50. The lowest BCUT2D eigenvalue weighted by Crippen LogP contribution is -2.51. The normalized spacial score (nSPS) is 36.7. The first-order chi connectivity index (χ1) is 13.2. The van der Waals surface area contributed by atoms with Gasteiger partial charge in [-0.3, -0.25) is 4.79 Å². The molecule has 1 N–H and O–H groups in total. The Kier molecular flexibility index (Phi) is 4.63. The van der Waals surface area contributed by atoms with Crippen LogP contribution in [0.5, 0.6) is 5.75 Å². The van der Waals surface area contributed by atoms with E-state index in [9.17, 15) is 4.79 Å². The first kappa shape index (κ1) is 17.5. The molecule has 4 bridgehead atoms. The van der Waals surface area contributed by atoms with Gasteiger partial charge in [-0.15, -0.1) is 0 Å². The second-order valence-electron chi connectivity index (χ2n) is 9.57. The predicted octanol–water partition coefficient (Wildman–Crippen LogP) is 4.19.